The third-order valence-corrected chi connectivity index (χ3v) is 4.11. The second-order valence-electron chi connectivity index (χ2n) is 5.05. The number of thiophene rings is 1. The summed E-state index contributed by atoms with van der Waals surface area (Å²) in [5, 5.41) is 2.47. The average molecular weight is 349 g/mol. The minimum Gasteiger partial charge on any atom is -0.456 e. The highest BCUT2D eigenvalue weighted by atomic mass is 32.1. The SMILES string of the molecule is Cc1ccc(C(=O)CCC(=O)OCC(=O)Nc2ccc(F)cc2)s1. The van der Waals surface area contributed by atoms with Crippen molar-refractivity contribution < 1.29 is 23.5 Å². The van der Waals surface area contributed by atoms with Crippen molar-refractivity contribution in [2.24, 2.45) is 0 Å². The summed E-state index contributed by atoms with van der Waals surface area (Å²) in [4.78, 5) is 36.7. The van der Waals surface area contributed by atoms with Crippen LogP contribution >= 0.6 is 11.3 Å². The highest BCUT2D eigenvalue weighted by molar-refractivity contribution is 7.14. The second-order valence-corrected chi connectivity index (χ2v) is 6.34. The van der Waals surface area contributed by atoms with Crippen molar-refractivity contribution in [3.8, 4) is 0 Å². The van der Waals surface area contributed by atoms with Crippen LogP contribution in [0.2, 0.25) is 0 Å². The first kappa shape index (κ1) is 17.8. The van der Waals surface area contributed by atoms with E-state index in [9.17, 15) is 18.8 Å². The van der Waals surface area contributed by atoms with Gasteiger partial charge in [-0.1, -0.05) is 0 Å². The number of Topliss-reactive ketones (excluding diaryl/α,β-unsaturated/α-hetero) is 1. The minimum absolute atomic E-state index is 0.0400. The third-order valence-electron chi connectivity index (χ3n) is 3.06. The minimum atomic E-state index is -0.620. The van der Waals surface area contributed by atoms with E-state index in [0.717, 1.165) is 4.88 Å². The average Bonchev–Trinajstić information content (AvgIpc) is 2.99. The van der Waals surface area contributed by atoms with Gasteiger partial charge >= 0.3 is 5.97 Å². The van der Waals surface area contributed by atoms with Gasteiger partial charge in [-0.2, -0.15) is 0 Å². The molecule has 0 aliphatic heterocycles. The molecule has 7 heteroatoms. The third kappa shape index (κ3) is 5.58. The number of carbonyl (C=O) groups excluding carboxylic acids is 3. The molecule has 0 unspecified atom stereocenters. The van der Waals surface area contributed by atoms with Crippen molar-refractivity contribution in [1.29, 1.82) is 0 Å². The fraction of sp³-hybridized carbons (Fsp3) is 0.235. The van der Waals surface area contributed by atoms with Gasteiger partial charge in [0.2, 0.25) is 0 Å². The van der Waals surface area contributed by atoms with E-state index in [0.29, 0.717) is 10.6 Å². The van der Waals surface area contributed by atoms with Crippen LogP contribution in [0.15, 0.2) is 36.4 Å². The predicted octanol–water partition coefficient (Wildman–Crippen LogP) is 3.34. The van der Waals surface area contributed by atoms with Crippen LogP contribution in [-0.4, -0.2) is 24.3 Å². The maximum Gasteiger partial charge on any atom is 0.306 e. The Kier molecular flexibility index (Phi) is 6.20. The van der Waals surface area contributed by atoms with Gasteiger partial charge in [-0.25, -0.2) is 4.39 Å². The molecule has 0 fully saturated rings. The zero-order valence-corrected chi connectivity index (χ0v) is 13.8. The molecular formula is C17H16FNO4S. The summed E-state index contributed by atoms with van der Waals surface area (Å²) in [6.45, 7) is 1.44. The van der Waals surface area contributed by atoms with Crippen molar-refractivity contribution in [2.75, 3.05) is 11.9 Å². The maximum absolute atomic E-state index is 12.7. The first-order chi connectivity index (χ1) is 11.4. The van der Waals surface area contributed by atoms with Crippen LogP contribution in [0.25, 0.3) is 0 Å². The molecule has 1 N–H and O–H groups in total. The van der Waals surface area contributed by atoms with Gasteiger partial charge in [0.05, 0.1) is 11.3 Å². The lowest BCUT2D eigenvalue weighted by Crippen LogP contribution is -2.21. The fourth-order valence-electron chi connectivity index (χ4n) is 1.87. The Balaban J connectivity index is 1.69. The fourth-order valence-corrected chi connectivity index (χ4v) is 2.71. The number of halogens is 1. The van der Waals surface area contributed by atoms with E-state index < -0.39 is 24.3 Å². The molecule has 126 valence electrons. The van der Waals surface area contributed by atoms with Gasteiger partial charge in [-0.3, -0.25) is 14.4 Å². The van der Waals surface area contributed by atoms with E-state index in [-0.39, 0.29) is 18.6 Å². The summed E-state index contributed by atoms with van der Waals surface area (Å²) in [6.07, 6.45) is -0.0437. The lowest BCUT2D eigenvalue weighted by molar-refractivity contribution is -0.147. The Morgan fingerprint density at radius 1 is 1.08 bits per heavy atom. The molecule has 1 heterocycles. The molecule has 0 saturated heterocycles. The number of nitrogens with one attached hydrogen (secondary N) is 1. The Morgan fingerprint density at radius 2 is 1.79 bits per heavy atom. The normalized spacial score (nSPS) is 10.2. The van der Waals surface area contributed by atoms with E-state index in [4.69, 9.17) is 4.74 Å². The number of hydrogen-bond donors (Lipinski definition) is 1. The molecule has 1 amide bonds. The molecule has 1 aromatic heterocycles. The van der Waals surface area contributed by atoms with Crippen LogP contribution in [0.4, 0.5) is 10.1 Å². The largest absolute Gasteiger partial charge is 0.456 e. The van der Waals surface area contributed by atoms with E-state index in [1.165, 1.54) is 35.6 Å². The smallest absolute Gasteiger partial charge is 0.306 e. The van der Waals surface area contributed by atoms with Gasteiger partial charge in [0.25, 0.3) is 5.91 Å². The molecule has 0 bridgehead atoms. The number of ether oxygens (including phenoxy) is 1. The van der Waals surface area contributed by atoms with Crippen LogP contribution in [0, 0.1) is 12.7 Å². The Labute approximate surface area is 142 Å². The highest BCUT2D eigenvalue weighted by Crippen LogP contribution is 2.17. The molecule has 0 saturated carbocycles. The number of amides is 1. The number of esters is 1. The van der Waals surface area contributed by atoms with Crippen LogP contribution in [0.3, 0.4) is 0 Å². The maximum atomic E-state index is 12.7. The number of benzene rings is 1. The molecule has 24 heavy (non-hydrogen) atoms. The number of hydrogen-bond acceptors (Lipinski definition) is 5. The molecule has 0 atom stereocenters. The quantitative estimate of drug-likeness (QED) is 0.615. The van der Waals surface area contributed by atoms with Crippen molar-refractivity contribution in [1.82, 2.24) is 0 Å². The molecule has 2 rings (SSSR count). The molecule has 2 aromatic rings. The molecule has 0 aliphatic carbocycles. The zero-order valence-electron chi connectivity index (χ0n) is 13.0. The summed E-state index contributed by atoms with van der Waals surface area (Å²) in [5.74, 6) is -1.69. The van der Waals surface area contributed by atoms with E-state index in [1.807, 2.05) is 13.0 Å². The van der Waals surface area contributed by atoms with Gasteiger partial charge in [0.15, 0.2) is 12.4 Å². The number of aryl methyl sites for hydroxylation is 1. The van der Waals surface area contributed by atoms with E-state index >= 15 is 0 Å². The van der Waals surface area contributed by atoms with E-state index in [1.54, 1.807) is 6.07 Å². The summed E-state index contributed by atoms with van der Waals surface area (Å²) >= 11 is 1.38. The second kappa shape index (κ2) is 8.35. The number of ketones is 1. The Morgan fingerprint density at radius 3 is 2.42 bits per heavy atom. The van der Waals surface area contributed by atoms with Gasteiger partial charge in [0.1, 0.15) is 5.82 Å². The topological polar surface area (TPSA) is 72.5 Å². The Hall–Kier alpha value is -2.54. The summed E-state index contributed by atoms with van der Waals surface area (Å²) < 4.78 is 17.6. The summed E-state index contributed by atoms with van der Waals surface area (Å²) in [5.41, 5.74) is 0.403. The number of carbonyl (C=O) groups is 3. The predicted molar refractivity (Wildman–Crippen MR) is 88.6 cm³/mol. The van der Waals surface area contributed by atoms with Gasteiger partial charge < -0.3 is 10.1 Å². The van der Waals surface area contributed by atoms with Crippen LogP contribution in [0.5, 0.6) is 0 Å². The monoisotopic (exact) mass is 349 g/mol. The summed E-state index contributed by atoms with van der Waals surface area (Å²) in [7, 11) is 0. The van der Waals surface area contributed by atoms with Crippen molar-refractivity contribution in [3.63, 3.8) is 0 Å². The molecule has 1 aromatic carbocycles. The molecule has 0 spiro atoms. The molecule has 0 aliphatic rings. The van der Waals surface area contributed by atoms with Crippen LogP contribution in [0.1, 0.15) is 27.4 Å². The van der Waals surface area contributed by atoms with Crippen molar-refractivity contribution in [3.05, 3.63) is 52.0 Å². The number of rotatable bonds is 7. The number of anilines is 1. The van der Waals surface area contributed by atoms with Gasteiger partial charge in [-0.15, -0.1) is 11.3 Å². The first-order valence-corrected chi connectivity index (χ1v) is 8.06. The first-order valence-electron chi connectivity index (χ1n) is 7.25. The van der Waals surface area contributed by atoms with Crippen molar-refractivity contribution in [2.45, 2.75) is 19.8 Å². The highest BCUT2D eigenvalue weighted by Gasteiger charge is 2.13. The van der Waals surface area contributed by atoms with Gasteiger partial charge in [0, 0.05) is 17.0 Å². The summed E-state index contributed by atoms with van der Waals surface area (Å²) in [6, 6.07) is 8.78. The lowest BCUT2D eigenvalue weighted by Gasteiger charge is -2.06. The van der Waals surface area contributed by atoms with E-state index in [2.05, 4.69) is 5.32 Å². The standard InChI is InChI=1S/C17H16FNO4S/c1-11-2-8-15(24-11)14(20)7-9-17(22)23-10-16(21)19-13-5-3-12(18)4-6-13/h2-6,8H,7,9-10H2,1H3,(H,19,21). The molecule has 0 radical (unpaired) electrons. The molecular weight excluding hydrogens is 333 g/mol. The lowest BCUT2D eigenvalue weighted by atomic mass is 10.2. The van der Waals surface area contributed by atoms with Crippen molar-refractivity contribution >= 4 is 34.7 Å². The zero-order chi connectivity index (χ0) is 17.5. The van der Waals surface area contributed by atoms with Crippen LogP contribution < -0.4 is 5.32 Å². The Bertz CT molecular complexity index is 739. The van der Waals surface area contributed by atoms with Crippen LogP contribution in [-0.2, 0) is 14.3 Å². The molecule has 5 nitrogen and oxygen atoms in total. The van der Waals surface area contributed by atoms with Gasteiger partial charge in [-0.05, 0) is 43.3 Å².